The highest BCUT2D eigenvalue weighted by Gasteiger charge is 2.22. The third-order valence-corrected chi connectivity index (χ3v) is 3.82. The van der Waals surface area contributed by atoms with Crippen molar-refractivity contribution in [2.24, 2.45) is 0 Å². The lowest BCUT2D eigenvalue weighted by Gasteiger charge is -2.16. The molecule has 7 heteroatoms. The van der Waals surface area contributed by atoms with Gasteiger partial charge in [-0.15, -0.1) is 0 Å². The number of rotatable bonds is 4. The third kappa shape index (κ3) is 4.18. The van der Waals surface area contributed by atoms with E-state index < -0.39 is 12.1 Å². The van der Waals surface area contributed by atoms with Gasteiger partial charge in [0, 0.05) is 6.54 Å². The molecule has 1 atom stereocenters. The Morgan fingerprint density at radius 3 is 2.60 bits per heavy atom. The summed E-state index contributed by atoms with van der Waals surface area (Å²) in [4.78, 5) is 26.5. The maximum absolute atomic E-state index is 12.0. The number of nitrogens with one attached hydrogen (secondary N) is 2. The minimum Gasteiger partial charge on any atom is -0.481 e. The van der Waals surface area contributed by atoms with E-state index >= 15 is 0 Å². The van der Waals surface area contributed by atoms with Crippen molar-refractivity contribution in [2.75, 3.05) is 6.54 Å². The molecule has 0 radical (unpaired) electrons. The summed E-state index contributed by atoms with van der Waals surface area (Å²) < 4.78 is 10.9. The van der Waals surface area contributed by atoms with Crippen molar-refractivity contribution in [3.05, 3.63) is 47.8 Å². The number of benzene rings is 1. The summed E-state index contributed by atoms with van der Waals surface area (Å²) in [7, 11) is 0. The largest absolute Gasteiger partial charge is 0.481 e. The number of nitrogens with zero attached hydrogens (tertiary/aromatic N) is 1. The van der Waals surface area contributed by atoms with Crippen LogP contribution in [-0.4, -0.2) is 29.5 Å². The molecule has 0 saturated carbocycles. The fourth-order valence-corrected chi connectivity index (χ4v) is 2.52. The predicted octanol–water partition coefficient (Wildman–Crippen LogP) is 2.15. The van der Waals surface area contributed by atoms with E-state index in [2.05, 4.69) is 10.3 Å². The number of amides is 1. The molecule has 1 aromatic carbocycles. The Balaban J connectivity index is 1.61. The first-order valence-electron chi connectivity index (χ1n) is 8.01. The van der Waals surface area contributed by atoms with Crippen LogP contribution in [0.4, 0.5) is 0 Å². The van der Waals surface area contributed by atoms with Crippen LogP contribution < -0.4 is 14.8 Å². The number of aromatic amines is 1. The lowest BCUT2D eigenvalue weighted by molar-refractivity contribution is -0.127. The molecule has 2 heterocycles. The molecule has 1 aromatic heterocycles. The number of ether oxygens (including phenoxy) is 2. The van der Waals surface area contributed by atoms with Crippen molar-refractivity contribution >= 4 is 11.9 Å². The third-order valence-electron chi connectivity index (χ3n) is 3.82. The molecule has 2 N–H and O–H groups in total. The Labute approximate surface area is 144 Å². The van der Waals surface area contributed by atoms with Gasteiger partial charge in [-0.25, -0.2) is 4.79 Å². The first-order valence-corrected chi connectivity index (χ1v) is 8.01. The van der Waals surface area contributed by atoms with E-state index in [-0.39, 0.29) is 17.3 Å². The zero-order chi connectivity index (χ0) is 17.6. The van der Waals surface area contributed by atoms with Crippen LogP contribution in [0.25, 0.3) is 0 Å². The number of hydrogen-bond acceptors (Lipinski definition) is 5. The number of esters is 1. The van der Waals surface area contributed by atoms with Crippen molar-refractivity contribution in [3.8, 4) is 17.6 Å². The monoisotopic (exact) mass is 339 g/mol. The molecule has 0 bridgehead atoms. The fourth-order valence-electron chi connectivity index (χ4n) is 2.52. The van der Waals surface area contributed by atoms with E-state index in [0.717, 1.165) is 12.8 Å². The molecule has 7 nitrogen and oxygen atoms in total. The maximum atomic E-state index is 12.0. The topological polar surface area (TPSA) is 104 Å². The summed E-state index contributed by atoms with van der Waals surface area (Å²) >= 11 is 0. The van der Waals surface area contributed by atoms with E-state index in [1.54, 1.807) is 24.3 Å². The lowest BCUT2D eigenvalue weighted by atomic mass is 10.2. The molecule has 1 aliphatic rings. The van der Waals surface area contributed by atoms with Crippen LogP contribution in [0.2, 0.25) is 0 Å². The number of hydrogen-bond donors (Lipinski definition) is 2. The molecule has 1 aliphatic heterocycles. The summed E-state index contributed by atoms with van der Waals surface area (Å²) in [5.41, 5.74) is 0.490. The van der Waals surface area contributed by atoms with Gasteiger partial charge < -0.3 is 19.8 Å². The number of H-pyrrole nitrogens is 1. The Morgan fingerprint density at radius 1 is 1.12 bits per heavy atom. The minimum atomic E-state index is -0.585. The molecule has 25 heavy (non-hydrogen) atoms. The normalized spacial score (nSPS) is 17.1. The van der Waals surface area contributed by atoms with Gasteiger partial charge >= 0.3 is 5.97 Å². The molecule has 0 aliphatic carbocycles. The van der Waals surface area contributed by atoms with Crippen molar-refractivity contribution in [2.45, 2.75) is 25.4 Å². The molecular formula is C18H17N3O4. The first kappa shape index (κ1) is 16.6. The van der Waals surface area contributed by atoms with E-state index in [9.17, 15) is 9.59 Å². The number of aromatic nitrogens is 1. The summed E-state index contributed by atoms with van der Waals surface area (Å²) in [6.45, 7) is 0.680. The van der Waals surface area contributed by atoms with Gasteiger partial charge in [0.05, 0.1) is 0 Å². The van der Waals surface area contributed by atoms with E-state index in [0.29, 0.717) is 24.5 Å². The standard InChI is InChI=1S/C18H17N3O4/c19-11-12-4-9-15(21-12)18(23)25-14-7-5-13(6-8-14)24-16-3-1-2-10-20-17(16)22/h4-9,16,21H,1-3,10H2,(H,20,22). The summed E-state index contributed by atoms with van der Waals surface area (Å²) in [5, 5.41) is 11.6. The molecular weight excluding hydrogens is 322 g/mol. The zero-order valence-electron chi connectivity index (χ0n) is 13.5. The lowest BCUT2D eigenvalue weighted by Crippen LogP contribution is -2.36. The van der Waals surface area contributed by atoms with Gasteiger partial charge in [0.1, 0.15) is 29.0 Å². The van der Waals surface area contributed by atoms with Crippen molar-refractivity contribution < 1.29 is 19.1 Å². The van der Waals surface area contributed by atoms with Crippen LogP contribution in [0, 0.1) is 11.3 Å². The molecule has 1 amide bonds. The second-order valence-electron chi connectivity index (χ2n) is 5.65. The molecule has 1 unspecified atom stereocenters. The molecule has 128 valence electrons. The Morgan fingerprint density at radius 2 is 1.88 bits per heavy atom. The van der Waals surface area contributed by atoms with E-state index in [1.165, 1.54) is 12.1 Å². The number of carbonyl (C=O) groups is 2. The minimum absolute atomic E-state index is 0.104. The number of nitriles is 1. The summed E-state index contributed by atoms with van der Waals surface area (Å²) in [5.74, 6) is 0.190. The van der Waals surface area contributed by atoms with Crippen LogP contribution in [0.1, 0.15) is 35.4 Å². The highest BCUT2D eigenvalue weighted by atomic mass is 16.5. The first-order chi connectivity index (χ1) is 12.2. The van der Waals surface area contributed by atoms with Gasteiger partial charge in [-0.2, -0.15) is 5.26 Å². The van der Waals surface area contributed by atoms with Gasteiger partial charge in [-0.3, -0.25) is 4.79 Å². The zero-order valence-corrected chi connectivity index (χ0v) is 13.5. The Bertz CT molecular complexity index is 804. The maximum Gasteiger partial charge on any atom is 0.360 e. The van der Waals surface area contributed by atoms with Gasteiger partial charge in [0.15, 0.2) is 6.10 Å². The second kappa shape index (κ2) is 7.53. The molecule has 2 aromatic rings. The molecule has 0 spiro atoms. The highest BCUT2D eigenvalue weighted by molar-refractivity contribution is 5.89. The van der Waals surface area contributed by atoms with Crippen LogP contribution in [0.15, 0.2) is 36.4 Å². The smallest absolute Gasteiger partial charge is 0.360 e. The van der Waals surface area contributed by atoms with E-state index in [4.69, 9.17) is 14.7 Å². The van der Waals surface area contributed by atoms with Gasteiger partial charge in [-0.05, 0) is 55.7 Å². The van der Waals surface area contributed by atoms with Crippen molar-refractivity contribution in [1.82, 2.24) is 10.3 Å². The van der Waals surface area contributed by atoms with E-state index in [1.807, 2.05) is 6.07 Å². The Kier molecular flexibility index (Phi) is 5.00. The van der Waals surface area contributed by atoms with Crippen LogP contribution in [0.5, 0.6) is 11.5 Å². The fraction of sp³-hybridized carbons (Fsp3) is 0.278. The molecule has 1 saturated heterocycles. The SMILES string of the molecule is N#Cc1ccc(C(=O)Oc2ccc(OC3CCCCNC3=O)cc2)[nH]1. The second-order valence-corrected chi connectivity index (χ2v) is 5.65. The van der Waals surface area contributed by atoms with Gasteiger partial charge in [0.25, 0.3) is 5.91 Å². The number of carbonyl (C=O) groups excluding carboxylic acids is 2. The highest BCUT2D eigenvalue weighted by Crippen LogP contribution is 2.21. The van der Waals surface area contributed by atoms with Crippen LogP contribution in [0.3, 0.4) is 0 Å². The predicted molar refractivity (Wildman–Crippen MR) is 88.2 cm³/mol. The summed E-state index contributed by atoms with van der Waals surface area (Å²) in [6, 6.07) is 11.4. The van der Waals surface area contributed by atoms with Crippen LogP contribution >= 0.6 is 0 Å². The quantitative estimate of drug-likeness (QED) is 0.656. The average Bonchev–Trinajstić information content (AvgIpc) is 3.02. The average molecular weight is 339 g/mol. The van der Waals surface area contributed by atoms with Crippen LogP contribution in [-0.2, 0) is 4.79 Å². The molecule has 3 rings (SSSR count). The molecule has 1 fully saturated rings. The van der Waals surface area contributed by atoms with Gasteiger partial charge in [0.2, 0.25) is 0 Å². The summed E-state index contributed by atoms with van der Waals surface area (Å²) in [6.07, 6.45) is 2.06. The van der Waals surface area contributed by atoms with Crippen molar-refractivity contribution in [3.63, 3.8) is 0 Å². The van der Waals surface area contributed by atoms with Gasteiger partial charge in [-0.1, -0.05) is 0 Å². The van der Waals surface area contributed by atoms with Crippen molar-refractivity contribution in [1.29, 1.82) is 5.26 Å². The Hall–Kier alpha value is -3.27.